The number of rotatable bonds is 7. The first-order chi connectivity index (χ1) is 13.4. The number of halogens is 1. The summed E-state index contributed by atoms with van der Waals surface area (Å²) in [6.45, 7) is 0.216. The van der Waals surface area contributed by atoms with Crippen molar-refractivity contribution in [1.29, 1.82) is 0 Å². The summed E-state index contributed by atoms with van der Waals surface area (Å²) >= 11 is 0. The molecule has 1 N–H and O–H groups in total. The van der Waals surface area contributed by atoms with Gasteiger partial charge in [0.2, 0.25) is 0 Å². The molecule has 0 aliphatic carbocycles. The standard InChI is InChI=1S/C19H16FN3O5/c1-28-11-10-22-18(24)16(12-2-8-15(9-3-12)23(26)27)17(19(22)25)21-14-6-4-13(20)5-7-14/h2-9,21H,10-11H2,1H3. The smallest absolute Gasteiger partial charge is 0.278 e. The van der Waals surface area contributed by atoms with Gasteiger partial charge in [0, 0.05) is 24.9 Å². The van der Waals surface area contributed by atoms with Crippen molar-refractivity contribution in [2.75, 3.05) is 25.6 Å². The molecule has 0 atom stereocenters. The number of benzene rings is 2. The lowest BCUT2D eigenvalue weighted by Crippen LogP contribution is -2.35. The fourth-order valence-corrected chi connectivity index (χ4v) is 2.77. The number of imide groups is 1. The van der Waals surface area contributed by atoms with Crippen LogP contribution in [0.3, 0.4) is 0 Å². The molecule has 2 aromatic carbocycles. The van der Waals surface area contributed by atoms with Crippen LogP contribution < -0.4 is 5.32 Å². The van der Waals surface area contributed by atoms with Crippen LogP contribution >= 0.6 is 0 Å². The summed E-state index contributed by atoms with van der Waals surface area (Å²) in [6.07, 6.45) is 0. The van der Waals surface area contributed by atoms with Crippen LogP contribution in [-0.2, 0) is 14.3 Å². The van der Waals surface area contributed by atoms with Crippen molar-refractivity contribution < 1.29 is 23.6 Å². The molecule has 0 saturated carbocycles. The molecule has 8 nitrogen and oxygen atoms in total. The van der Waals surface area contributed by atoms with Gasteiger partial charge in [-0.25, -0.2) is 4.39 Å². The summed E-state index contributed by atoms with van der Waals surface area (Å²) in [5, 5.41) is 13.7. The molecule has 2 amide bonds. The van der Waals surface area contributed by atoms with Gasteiger partial charge < -0.3 is 10.1 Å². The van der Waals surface area contributed by atoms with Gasteiger partial charge in [0.25, 0.3) is 17.5 Å². The Balaban J connectivity index is 2.02. The molecule has 2 aromatic rings. The van der Waals surface area contributed by atoms with Gasteiger partial charge in [-0.2, -0.15) is 0 Å². The maximum Gasteiger partial charge on any atom is 0.278 e. The van der Waals surface area contributed by atoms with Crippen LogP contribution in [0, 0.1) is 15.9 Å². The highest BCUT2D eigenvalue weighted by atomic mass is 19.1. The maximum atomic E-state index is 13.1. The monoisotopic (exact) mass is 385 g/mol. The summed E-state index contributed by atoms with van der Waals surface area (Å²) in [6, 6.07) is 10.6. The number of hydrogen-bond acceptors (Lipinski definition) is 6. The lowest BCUT2D eigenvalue weighted by atomic mass is 10.0. The van der Waals surface area contributed by atoms with E-state index in [1.54, 1.807) is 0 Å². The molecule has 9 heteroatoms. The fourth-order valence-electron chi connectivity index (χ4n) is 2.77. The highest BCUT2D eigenvalue weighted by molar-refractivity contribution is 6.36. The van der Waals surface area contributed by atoms with Gasteiger partial charge in [-0.1, -0.05) is 0 Å². The zero-order chi connectivity index (χ0) is 20.3. The second-order valence-electron chi connectivity index (χ2n) is 5.94. The van der Waals surface area contributed by atoms with Gasteiger partial charge in [0.1, 0.15) is 11.5 Å². The lowest BCUT2D eigenvalue weighted by molar-refractivity contribution is -0.384. The first kappa shape index (κ1) is 19.2. The van der Waals surface area contributed by atoms with Gasteiger partial charge in [-0.3, -0.25) is 24.6 Å². The van der Waals surface area contributed by atoms with E-state index in [0.717, 1.165) is 4.90 Å². The van der Waals surface area contributed by atoms with Gasteiger partial charge >= 0.3 is 0 Å². The molecule has 0 radical (unpaired) electrons. The number of methoxy groups -OCH3 is 1. The number of hydrogen-bond donors (Lipinski definition) is 1. The number of nitro groups is 1. The molecular weight excluding hydrogens is 369 g/mol. The highest BCUT2D eigenvalue weighted by Gasteiger charge is 2.39. The van der Waals surface area contributed by atoms with E-state index in [2.05, 4.69) is 5.32 Å². The Bertz CT molecular complexity index is 955. The quantitative estimate of drug-likeness (QED) is 0.447. The minimum Gasteiger partial charge on any atom is -0.383 e. The van der Waals surface area contributed by atoms with Gasteiger partial charge in [0.05, 0.1) is 23.6 Å². The van der Waals surface area contributed by atoms with Crippen LogP contribution in [0.2, 0.25) is 0 Å². The molecule has 1 aliphatic heterocycles. The predicted octanol–water partition coefficient (Wildman–Crippen LogP) is 2.57. The van der Waals surface area contributed by atoms with E-state index < -0.39 is 22.6 Å². The van der Waals surface area contributed by atoms with E-state index in [4.69, 9.17) is 4.74 Å². The van der Waals surface area contributed by atoms with Crippen molar-refractivity contribution in [2.24, 2.45) is 0 Å². The Morgan fingerprint density at radius 3 is 2.29 bits per heavy atom. The molecule has 3 rings (SSSR count). The minimum atomic E-state index is -0.556. The normalized spacial score (nSPS) is 14.0. The largest absolute Gasteiger partial charge is 0.383 e. The van der Waals surface area contributed by atoms with Gasteiger partial charge in [-0.15, -0.1) is 0 Å². The third-order valence-electron chi connectivity index (χ3n) is 4.17. The topological polar surface area (TPSA) is 102 Å². The minimum absolute atomic E-state index is 0.0153. The van der Waals surface area contributed by atoms with Crippen molar-refractivity contribution in [1.82, 2.24) is 4.90 Å². The third kappa shape index (κ3) is 3.74. The third-order valence-corrected chi connectivity index (χ3v) is 4.17. The highest BCUT2D eigenvalue weighted by Crippen LogP contribution is 2.31. The van der Waals surface area contributed by atoms with E-state index in [9.17, 15) is 24.1 Å². The van der Waals surface area contributed by atoms with E-state index in [-0.39, 0.29) is 30.1 Å². The number of nitrogens with zero attached hydrogens (tertiary/aromatic N) is 2. The molecule has 0 bridgehead atoms. The molecule has 0 unspecified atom stereocenters. The molecule has 1 heterocycles. The summed E-state index contributed by atoms with van der Waals surface area (Å²) < 4.78 is 18.1. The Morgan fingerprint density at radius 2 is 1.71 bits per heavy atom. The van der Waals surface area contributed by atoms with Crippen LogP contribution in [0.1, 0.15) is 5.56 Å². The average molecular weight is 385 g/mol. The van der Waals surface area contributed by atoms with Crippen LogP contribution in [0.4, 0.5) is 15.8 Å². The van der Waals surface area contributed by atoms with Crippen molar-refractivity contribution in [3.05, 3.63) is 75.7 Å². The summed E-state index contributed by atoms with van der Waals surface area (Å²) in [5.74, 6) is -1.54. The maximum absolute atomic E-state index is 13.1. The van der Waals surface area contributed by atoms with E-state index >= 15 is 0 Å². The Kier molecular flexibility index (Phi) is 5.46. The lowest BCUT2D eigenvalue weighted by Gasteiger charge is -2.14. The number of carbonyl (C=O) groups excluding carboxylic acids is 2. The predicted molar refractivity (Wildman–Crippen MR) is 98.6 cm³/mol. The first-order valence-electron chi connectivity index (χ1n) is 8.29. The molecule has 0 fully saturated rings. The summed E-state index contributed by atoms with van der Waals surface area (Å²) in [5.41, 5.74) is 0.742. The molecule has 0 saturated heterocycles. The number of amides is 2. The van der Waals surface area contributed by atoms with Crippen LogP contribution in [-0.4, -0.2) is 41.9 Å². The van der Waals surface area contributed by atoms with E-state index in [1.165, 1.54) is 55.6 Å². The molecule has 0 aromatic heterocycles. The SMILES string of the molecule is COCCN1C(=O)C(Nc2ccc(F)cc2)=C(c2ccc([N+](=O)[O-])cc2)C1=O. The number of anilines is 1. The first-order valence-corrected chi connectivity index (χ1v) is 8.29. The molecule has 144 valence electrons. The molecule has 0 spiro atoms. The van der Waals surface area contributed by atoms with Crippen LogP contribution in [0.25, 0.3) is 5.57 Å². The average Bonchev–Trinajstić information content (AvgIpc) is 2.91. The number of nitro benzene ring substituents is 1. The van der Waals surface area contributed by atoms with Gasteiger partial charge in [0.15, 0.2) is 0 Å². The summed E-state index contributed by atoms with van der Waals surface area (Å²) in [4.78, 5) is 37.0. The van der Waals surface area contributed by atoms with Crippen molar-refractivity contribution in [3.63, 3.8) is 0 Å². The second kappa shape index (κ2) is 7.97. The fraction of sp³-hybridized carbons (Fsp3) is 0.158. The number of ether oxygens (including phenoxy) is 1. The van der Waals surface area contributed by atoms with Crippen molar-refractivity contribution >= 4 is 28.8 Å². The van der Waals surface area contributed by atoms with E-state index in [1.807, 2.05) is 0 Å². The number of carbonyl (C=O) groups is 2. The zero-order valence-electron chi connectivity index (χ0n) is 14.8. The Morgan fingerprint density at radius 1 is 1.07 bits per heavy atom. The van der Waals surface area contributed by atoms with Crippen molar-refractivity contribution in [2.45, 2.75) is 0 Å². The molecular formula is C19H16FN3O5. The number of non-ortho nitro benzene ring substituents is 1. The van der Waals surface area contributed by atoms with Crippen molar-refractivity contribution in [3.8, 4) is 0 Å². The number of nitrogens with one attached hydrogen (secondary N) is 1. The Labute approximate surface area is 159 Å². The van der Waals surface area contributed by atoms with E-state index in [0.29, 0.717) is 11.3 Å². The Hall–Kier alpha value is -3.59. The summed E-state index contributed by atoms with van der Waals surface area (Å²) in [7, 11) is 1.45. The van der Waals surface area contributed by atoms with Gasteiger partial charge in [-0.05, 0) is 42.0 Å². The van der Waals surface area contributed by atoms with Crippen LogP contribution in [0.5, 0.6) is 0 Å². The molecule has 28 heavy (non-hydrogen) atoms. The molecule has 1 aliphatic rings. The van der Waals surface area contributed by atoms with Crippen LogP contribution in [0.15, 0.2) is 54.2 Å². The second-order valence-corrected chi connectivity index (χ2v) is 5.94. The zero-order valence-corrected chi connectivity index (χ0v) is 14.8.